The minimum atomic E-state index is -0.283. The van der Waals surface area contributed by atoms with Gasteiger partial charge >= 0.3 is 0 Å². The Balaban J connectivity index is 2.10. The predicted molar refractivity (Wildman–Crippen MR) is 103 cm³/mol. The number of anilines is 1. The number of rotatable bonds is 9. The van der Waals surface area contributed by atoms with Gasteiger partial charge in [-0.25, -0.2) is 9.37 Å². The molecule has 0 radical (unpaired) electrons. The van der Waals surface area contributed by atoms with Crippen LogP contribution in [0, 0.1) is 5.82 Å². The predicted octanol–water partition coefficient (Wildman–Crippen LogP) is 4.25. The summed E-state index contributed by atoms with van der Waals surface area (Å²) in [6.07, 6.45) is 0.857. The number of hydrogen-bond acceptors (Lipinski definition) is 4. The molecule has 1 amide bonds. The van der Waals surface area contributed by atoms with Gasteiger partial charge in [-0.1, -0.05) is 13.8 Å². The number of benzene rings is 1. The highest BCUT2D eigenvalue weighted by Gasteiger charge is 2.18. The van der Waals surface area contributed by atoms with Crippen LogP contribution in [0.3, 0.4) is 0 Å². The maximum atomic E-state index is 13.1. The molecule has 0 fully saturated rings. The summed E-state index contributed by atoms with van der Waals surface area (Å²) in [6.45, 7) is 7.74. The standard InChI is InChI=1S/C18H23ClFN3OS/c1-3-22(4-2)10-5-11-23(17(24)12-19)18-21-16(13-25-18)14-6-8-15(20)9-7-14/h6-9,13H,3-5,10-12H2,1-2H3. The van der Waals surface area contributed by atoms with Crippen LogP contribution in [0.2, 0.25) is 0 Å². The molecule has 1 heterocycles. The zero-order valence-corrected chi connectivity index (χ0v) is 16.1. The minimum Gasteiger partial charge on any atom is -0.304 e. The Kier molecular flexibility index (Phi) is 7.81. The average molecular weight is 384 g/mol. The second kappa shape index (κ2) is 9.85. The van der Waals surface area contributed by atoms with Gasteiger partial charge in [0.25, 0.3) is 0 Å². The molecule has 0 bridgehead atoms. The Hall–Kier alpha value is -1.50. The van der Waals surface area contributed by atoms with Gasteiger partial charge in [-0.15, -0.1) is 22.9 Å². The van der Waals surface area contributed by atoms with Gasteiger partial charge in [-0.3, -0.25) is 9.69 Å². The van der Waals surface area contributed by atoms with Gasteiger partial charge in [0.2, 0.25) is 5.91 Å². The van der Waals surface area contributed by atoms with E-state index in [9.17, 15) is 9.18 Å². The third-order valence-electron chi connectivity index (χ3n) is 4.03. The highest BCUT2D eigenvalue weighted by Crippen LogP contribution is 2.28. The third kappa shape index (κ3) is 5.49. The van der Waals surface area contributed by atoms with Gasteiger partial charge in [0.15, 0.2) is 5.13 Å². The summed E-state index contributed by atoms with van der Waals surface area (Å²) in [5, 5.41) is 2.51. The molecule has 1 aromatic carbocycles. The van der Waals surface area contributed by atoms with Gasteiger partial charge in [0.1, 0.15) is 11.7 Å². The molecule has 0 aliphatic carbocycles. The van der Waals surface area contributed by atoms with Crippen molar-refractivity contribution in [2.24, 2.45) is 0 Å². The third-order valence-corrected chi connectivity index (χ3v) is 5.12. The molecule has 0 saturated carbocycles. The number of alkyl halides is 1. The molecular weight excluding hydrogens is 361 g/mol. The van der Waals surface area contributed by atoms with E-state index in [2.05, 4.69) is 23.7 Å². The number of halogens is 2. The highest BCUT2D eigenvalue weighted by molar-refractivity contribution is 7.14. The van der Waals surface area contributed by atoms with Crippen molar-refractivity contribution in [1.82, 2.24) is 9.88 Å². The quantitative estimate of drug-likeness (QED) is 0.607. The number of carbonyl (C=O) groups excluding carboxylic acids is 1. The molecular formula is C18H23ClFN3OS. The van der Waals surface area contributed by atoms with E-state index >= 15 is 0 Å². The van der Waals surface area contributed by atoms with Crippen molar-refractivity contribution in [3.63, 3.8) is 0 Å². The lowest BCUT2D eigenvalue weighted by Crippen LogP contribution is -2.35. The van der Waals surface area contributed by atoms with Gasteiger partial charge in [-0.2, -0.15) is 0 Å². The first-order chi connectivity index (χ1) is 12.1. The van der Waals surface area contributed by atoms with E-state index in [-0.39, 0.29) is 17.6 Å². The molecule has 0 unspecified atom stereocenters. The largest absolute Gasteiger partial charge is 0.304 e. The van der Waals surface area contributed by atoms with Crippen LogP contribution in [0.1, 0.15) is 20.3 Å². The molecule has 0 atom stereocenters. The van der Waals surface area contributed by atoms with E-state index in [0.29, 0.717) is 11.7 Å². The summed E-state index contributed by atoms with van der Waals surface area (Å²) in [5.41, 5.74) is 1.56. The number of thiazole rings is 1. The summed E-state index contributed by atoms with van der Waals surface area (Å²) < 4.78 is 13.1. The van der Waals surface area contributed by atoms with Crippen LogP contribution in [-0.2, 0) is 4.79 Å². The molecule has 0 aliphatic rings. The fraction of sp³-hybridized carbons (Fsp3) is 0.444. The maximum absolute atomic E-state index is 13.1. The molecule has 136 valence electrons. The van der Waals surface area contributed by atoms with Crippen molar-refractivity contribution in [2.45, 2.75) is 20.3 Å². The van der Waals surface area contributed by atoms with Crippen molar-refractivity contribution in [3.8, 4) is 11.3 Å². The maximum Gasteiger partial charge on any atom is 0.243 e. The van der Waals surface area contributed by atoms with E-state index in [1.807, 2.05) is 5.38 Å². The van der Waals surface area contributed by atoms with Crippen molar-refractivity contribution in [2.75, 3.05) is 37.0 Å². The van der Waals surface area contributed by atoms with E-state index in [1.165, 1.54) is 23.5 Å². The molecule has 4 nitrogen and oxygen atoms in total. The zero-order valence-electron chi connectivity index (χ0n) is 14.5. The van der Waals surface area contributed by atoms with E-state index in [0.717, 1.165) is 37.3 Å². The molecule has 25 heavy (non-hydrogen) atoms. The van der Waals surface area contributed by atoms with Gasteiger partial charge < -0.3 is 4.90 Å². The second-order valence-electron chi connectivity index (χ2n) is 5.58. The average Bonchev–Trinajstić information content (AvgIpc) is 3.11. The summed E-state index contributed by atoms with van der Waals surface area (Å²) in [7, 11) is 0. The first-order valence-electron chi connectivity index (χ1n) is 8.39. The van der Waals surface area contributed by atoms with Crippen molar-refractivity contribution < 1.29 is 9.18 Å². The van der Waals surface area contributed by atoms with Crippen LogP contribution in [0.25, 0.3) is 11.3 Å². The van der Waals surface area contributed by atoms with Crippen LogP contribution in [0.4, 0.5) is 9.52 Å². The Bertz CT molecular complexity index is 673. The lowest BCUT2D eigenvalue weighted by atomic mass is 10.2. The van der Waals surface area contributed by atoms with E-state index in [1.54, 1.807) is 17.0 Å². The van der Waals surface area contributed by atoms with E-state index < -0.39 is 0 Å². The lowest BCUT2D eigenvalue weighted by Gasteiger charge is -2.22. The Morgan fingerprint density at radius 2 is 1.88 bits per heavy atom. The molecule has 7 heteroatoms. The summed E-state index contributed by atoms with van der Waals surface area (Å²) in [4.78, 5) is 20.7. The van der Waals surface area contributed by atoms with Crippen LogP contribution in [0.15, 0.2) is 29.6 Å². The van der Waals surface area contributed by atoms with Gasteiger partial charge in [0.05, 0.1) is 5.69 Å². The zero-order chi connectivity index (χ0) is 18.2. The molecule has 0 aliphatic heterocycles. The highest BCUT2D eigenvalue weighted by atomic mass is 35.5. The van der Waals surface area contributed by atoms with Gasteiger partial charge in [-0.05, 0) is 50.3 Å². The normalized spacial score (nSPS) is 11.1. The second-order valence-corrected chi connectivity index (χ2v) is 6.69. The fourth-order valence-electron chi connectivity index (χ4n) is 2.53. The van der Waals surface area contributed by atoms with Crippen LogP contribution >= 0.6 is 22.9 Å². The van der Waals surface area contributed by atoms with Crippen molar-refractivity contribution in [3.05, 3.63) is 35.5 Å². The first-order valence-corrected chi connectivity index (χ1v) is 9.80. The topological polar surface area (TPSA) is 36.4 Å². The van der Waals surface area contributed by atoms with Crippen LogP contribution in [-0.4, -0.2) is 47.9 Å². The number of aromatic nitrogens is 1. The number of carbonyl (C=O) groups is 1. The van der Waals surface area contributed by atoms with Crippen LogP contribution in [0.5, 0.6) is 0 Å². The smallest absolute Gasteiger partial charge is 0.243 e. The van der Waals surface area contributed by atoms with Crippen molar-refractivity contribution >= 4 is 34.0 Å². The summed E-state index contributed by atoms with van der Waals surface area (Å²) in [6, 6.07) is 6.17. The summed E-state index contributed by atoms with van der Waals surface area (Å²) >= 11 is 7.17. The lowest BCUT2D eigenvalue weighted by molar-refractivity contribution is -0.116. The Labute approximate surface area is 157 Å². The molecule has 0 spiro atoms. The van der Waals surface area contributed by atoms with E-state index in [4.69, 9.17) is 11.6 Å². The fourth-order valence-corrected chi connectivity index (χ4v) is 3.55. The molecule has 0 N–H and O–H groups in total. The van der Waals surface area contributed by atoms with Gasteiger partial charge in [0, 0.05) is 17.5 Å². The number of hydrogen-bond donors (Lipinski definition) is 0. The summed E-state index contributed by atoms with van der Waals surface area (Å²) in [5.74, 6) is -0.507. The molecule has 0 saturated heterocycles. The monoisotopic (exact) mass is 383 g/mol. The van der Waals surface area contributed by atoms with Crippen LogP contribution < -0.4 is 4.90 Å². The molecule has 1 aromatic heterocycles. The Morgan fingerprint density at radius 3 is 2.48 bits per heavy atom. The number of nitrogens with zero attached hydrogens (tertiary/aromatic N) is 3. The van der Waals surface area contributed by atoms with Crippen molar-refractivity contribution in [1.29, 1.82) is 0 Å². The SMILES string of the molecule is CCN(CC)CCCN(C(=O)CCl)c1nc(-c2ccc(F)cc2)cs1. The Morgan fingerprint density at radius 1 is 1.20 bits per heavy atom. The first kappa shape index (κ1) is 19.8. The number of amides is 1. The minimum absolute atomic E-state index is 0.0727. The molecule has 2 aromatic rings. The molecule has 2 rings (SSSR count).